The molecule has 1 atom stereocenters. The lowest BCUT2D eigenvalue weighted by atomic mass is 10.1. The average molecular weight is 313 g/mol. The number of nitrogens with zero attached hydrogens (tertiary/aromatic N) is 5. The highest BCUT2D eigenvalue weighted by atomic mass is 16.5. The number of rotatable bonds is 3. The van der Waals surface area contributed by atoms with Crippen molar-refractivity contribution in [1.29, 1.82) is 0 Å². The van der Waals surface area contributed by atoms with Gasteiger partial charge in [-0.25, -0.2) is 9.97 Å². The molecule has 0 aliphatic carbocycles. The summed E-state index contributed by atoms with van der Waals surface area (Å²) in [6.45, 7) is 4.98. The van der Waals surface area contributed by atoms with E-state index in [-0.39, 0.29) is 12.0 Å². The fraction of sp³-hybridized carbons (Fsp3) is 0.438. The van der Waals surface area contributed by atoms with Crippen molar-refractivity contribution in [2.75, 3.05) is 13.1 Å². The lowest BCUT2D eigenvalue weighted by Gasteiger charge is -2.32. The van der Waals surface area contributed by atoms with Gasteiger partial charge in [0.15, 0.2) is 0 Å². The van der Waals surface area contributed by atoms with Gasteiger partial charge in [-0.15, -0.1) is 0 Å². The minimum absolute atomic E-state index is 0.0712. The first-order valence-electron chi connectivity index (χ1n) is 7.66. The molecule has 3 heterocycles. The molecule has 120 valence electrons. The number of likely N-dealkylation sites (tertiary alicyclic amines) is 1. The first kappa shape index (κ1) is 15.3. The lowest BCUT2D eigenvalue weighted by Crippen LogP contribution is -2.44. The lowest BCUT2D eigenvalue weighted by molar-refractivity contribution is 0.0521. The molecule has 0 saturated carbocycles. The van der Waals surface area contributed by atoms with E-state index >= 15 is 0 Å². The van der Waals surface area contributed by atoms with Crippen LogP contribution in [0.1, 0.15) is 34.8 Å². The van der Waals surface area contributed by atoms with E-state index in [1.165, 1.54) is 12.4 Å². The van der Waals surface area contributed by atoms with Crippen LogP contribution in [-0.4, -0.2) is 49.9 Å². The molecule has 7 heteroatoms. The maximum absolute atomic E-state index is 12.4. The van der Waals surface area contributed by atoms with Crippen LogP contribution in [0.3, 0.4) is 0 Å². The van der Waals surface area contributed by atoms with Gasteiger partial charge in [0, 0.05) is 30.7 Å². The van der Waals surface area contributed by atoms with E-state index in [1.807, 2.05) is 19.9 Å². The Morgan fingerprint density at radius 1 is 1.30 bits per heavy atom. The maximum Gasteiger partial charge on any atom is 0.274 e. The van der Waals surface area contributed by atoms with Gasteiger partial charge in [-0.05, 0) is 26.7 Å². The predicted octanol–water partition coefficient (Wildman–Crippen LogP) is 1.57. The molecule has 7 nitrogen and oxygen atoms in total. The second-order valence-electron chi connectivity index (χ2n) is 5.62. The van der Waals surface area contributed by atoms with Crippen LogP contribution in [0.4, 0.5) is 0 Å². The predicted molar refractivity (Wildman–Crippen MR) is 83.1 cm³/mol. The Hall–Kier alpha value is -2.57. The molecule has 1 unspecified atom stereocenters. The zero-order valence-electron chi connectivity index (χ0n) is 13.3. The molecule has 23 heavy (non-hydrogen) atoms. The molecule has 3 rings (SSSR count). The van der Waals surface area contributed by atoms with Gasteiger partial charge in [0.05, 0.1) is 12.7 Å². The second-order valence-corrected chi connectivity index (χ2v) is 5.62. The summed E-state index contributed by atoms with van der Waals surface area (Å²) in [6, 6.07) is 1.82. The molecule has 0 radical (unpaired) electrons. The van der Waals surface area contributed by atoms with Crippen molar-refractivity contribution < 1.29 is 9.53 Å². The number of hydrogen-bond donors (Lipinski definition) is 0. The van der Waals surface area contributed by atoms with E-state index in [9.17, 15) is 4.79 Å². The number of amides is 1. The third kappa shape index (κ3) is 3.80. The van der Waals surface area contributed by atoms with Crippen LogP contribution in [0.25, 0.3) is 0 Å². The minimum Gasteiger partial charge on any atom is -0.472 e. The van der Waals surface area contributed by atoms with Crippen LogP contribution in [-0.2, 0) is 0 Å². The van der Waals surface area contributed by atoms with E-state index in [1.54, 1.807) is 11.1 Å². The quantitative estimate of drug-likeness (QED) is 0.855. The maximum atomic E-state index is 12.4. The van der Waals surface area contributed by atoms with Gasteiger partial charge in [0.25, 0.3) is 5.91 Å². The van der Waals surface area contributed by atoms with Crippen molar-refractivity contribution >= 4 is 5.91 Å². The number of piperidine rings is 1. The molecule has 1 saturated heterocycles. The third-order valence-corrected chi connectivity index (χ3v) is 3.68. The van der Waals surface area contributed by atoms with Crippen LogP contribution < -0.4 is 4.74 Å². The van der Waals surface area contributed by atoms with Crippen molar-refractivity contribution in [2.45, 2.75) is 32.8 Å². The van der Waals surface area contributed by atoms with Crippen molar-refractivity contribution in [1.82, 2.24) is 24.8 Å². The number of carbonyl (C=O) groups is 1. The molecule has 2 aromatic rings. The topological polar surface area (TPSA) is 81.1 Å². The van der Waals surface area contributed by atoms with Crippen LogP contribution in [0, 0.1) is 13.8 Å². The van der Waals surface area contributed by atoms with Gasteiger partial charge in [-0.2, -0.15) is 4.98 Å². The number of aryl methyl sites for hydroxylation is 2. The Kier molecular flexibility index (Phi) is 4.45. The molecule has 1 amide bonds. The van der Waals surface area contributed by atoms with E-state index in [2.05, 4.69) is 19.9 Å². The number of aromatic nitrogens is 4. The molecular weight excluding hydrogens is 294 g/mol. The van der Waals surface area contributed by atoms with Crippen LogP contribution in [0.2, 0.25) is 0 Å². The highest BCUT2D eigenvalue weighted by Gasteiger charge is 2.26. The number of hydrogen-bond acceptors (Lipinski definition) is 6. The van der Waals surface area contributed by atoms with Crippen LogP contribution >= 0.6 is 0 Å². The van der Waals surface area contributed by atoms with Crippen LogP contribution in [0.15, 0.2) is 24.7 Å². The number of ether oxygens (including phenoxy) is 1. The monoisotopic (exact) mass is 313 g/mol. The third-order valence-electron chi connectivity index (χ3n) is 3.68. The Morgan fingerprint density at radius 3 is 2.91 bits per heavy atom. The average Bonchev–Trinajstić information content (AvgIpc) is 2.54. The Labute approximate surface area is 134 Å². The largest absolute Gasteiger partial charge is 0.472 e. The van der Waals surface area contributed by atoms with E-state index in [0.29, 0.717) is 30.5 Å². The summed E-state index contributed by atoms with van der Waals surface area (Å²) in [4.78, 5) is 30.8. The first-order chi connectivity index (χ1) is 11.1. The first-order valence-corrected chi connectivity index (χ1v) is 7.66. The zero-order chi connectivity index (χ0) is 16.2. The zero-order valence-corrected chi connectivity index (χ0v) is 13.3. The highest BCUT2D eigenvalue weighted by molar-refractivity contribution is 5.92. The molecule has 0 N–H and O–H groups in total. The summed E-state index contributed by atoms with van der Waals surface area (Å²) >= 11 is 0. The molecule has 0 spiro atoms. The normalized spacial score (nSPS) is 17.8. The summed E-state index contributed by atoms with van der Waals surface area (Å²) in [5.41, 5.74) is 1.23. The van der Waals surface area contributed by atoms with E-state index in [4.69, 9.17) is 4.74 Å². The summed E-state index contributed by atoms with van der Waals surface area (Å²) < 4.78 is 5.95. The van der Waals surface area contributed by atoms with Crippen molar-refractivity contribution in [3.05, 3.63) is 41.9 Å². The summed E-state index contributed by atoms with van der Waals surface area (Å²) in [5, 5.41) is 0. The molecule has 1 aliphatic rings. The fourth-order valence-corrected chi connectivity index (χ4v) is 2.70. The van der Waals surface area contributed by atoms with Gasteiger partial charge >= 0.3 is 0 Å². The Morgan fingerprint density at radius 2 is 2.17 bits per heavy atom. The van der Waals surface area contributed by atoms with Gasteiger partial charge < -0.3 is 9.64 Å². The molecule has 0 bridgehead atoms. The molecule has 0 aromatic carbocycles. The SMILES string of the molecule is Cc1cc(OC2CCCN(C(=O)c3cnccn3)C2)nc(C)n1. The molecule has 1 aliphatic heterocycles. The van der Waals surface area contributed by atoms with E-state index in [0.717, 1.165) is 18.5 Å². The van der Waals surface area contributed by atoms with Crippen molar-refractivity contribution in [2.24, 2.45) is 0 Å². The van der Waals surface area contributed by atoms with Gasteiger partial charge in [-0.3, -0.25) is 9.78 Å². The fourth-order valence-electron chi connectivity index (χ4n) is 2.70. The smallest absolute Gasteiger partial charge is 0.274 e. The second kappa shape index (κ2) is 6.68. The Balaban J connectivity index is 1.67. The van der Waals surface area contributed by atoms with Crippen molar-refractivity contribution in [3.8, 4) is 5.88 Å². The summed E-state index contributed by atoms with van der Waals surface area (Å²) in [7, 11) is 0. The van der Waals surface area contributed by atoms with E-state index < -0.39 is 0 Å². The highest BCUT2D eigenvalue weighted by Crippen LogP contribution is 2.18. The molecule has 1 fully saturated rings. The van der Waals surface area contributed by atoms with Gasteiger partial charge in [-0.1, -0.05) is 0 Å². The van der Waals surface area contributed by atoms with Crippen molar-refractivity contribution in [3.63, 3.8) is 0 Å². The van der Waals surface area contributed by atoms with Gasteiger partial charge in [0.1, 0.15) is 17.6 Å². The molecule has 2 aromatic heterocycles. The Bertz CT molecular complexity index is 672. The van der Waals surface area contributed by atoms with Gasteiger partial charge in [0.2, 0.25) is 5.88 Å². The minimum atomic E-state index is -0.110. The summed E-state index contributed by atoms with van der Waals surface area (Å²) in [6.07, 6.45) is 6.28. The number of carbonyl (C=O) groups excluding carboxylic acids is 1. The molecular formula is C16H19N5O2. The van der Waals surface area contributed by atoms with Crippen LogP contribution in [0.5, 0.6) is 5.88 Å². The summed E-state index contributed by atoms with van der Waals surface area (Å²) in [5.74, 6) is 1.14. The standard InChI is InChI=1S/C16H19N5O2/c1-11-8-15(20-12(2)19-11)23-13-4-3-7-21(10-13)16(22)14-9-17-5-6-18-14/h5-6,8-9,13H,3-4,7,10H2,1-2H3.